The van der Waals surface area contributed by atoms with E-state index < -0.39 is 27.4 Å². The van der Waals surface area contributed by atoms with Crippen molar-refractivity contribution in [2.45, 2.75) is 20.0 Å². The Morgan fingerprint density at radius 1 is 1.10 bits per heavy atom. The number of pyridine rings is 1. The van der Waals surface area contributed by atoms with Crippen LogP contribution < -0.4 is 10.1 Å². The number of halogens is 4. The Bertz CT molecular complexity index is 1120. The summed E-state index contributed by atoms with van der Waals surface area (Å²) in [6.07, 6.45) is -3.08. The Kier molecular flexibility index (Phi) is 5.74. The van der Waals surface area contributed by atoms with Gasteiger partial charge >= 0.3 is 17.7 Å². The first-order valence-electron chi connectivity index (χ1n) is 8.30. The molecule has 0 aliphatic rings. The number of rotatable bonds is 5. The Morgan fingerprint density at radius 2 is 1.83 bits per heavy atom. The van der Waals surface area contributed by atoms with Gasteiger partial charge in [0.05, 0.1) is 15.5 Å². The van der Waals surface area contributed by atoms with E-state index in [1.54, 1.807) is 18.2 Å². The van der Waals surface area contributed by atoms with E-state index in [1.165, 1.54) is 0 Å². The minimum atomic E-state index is -4.64. The quantitative estimate of drug-likeness (QED) is 0.407. The van der Waals surface area contributed by atoms with E-state index in [1.807, 2.05) is 13.8 Å². The molecule has 156 valence electrons. The lowest BCUT2D eigenvalue weighted by molar-refractivity contribution is -0.385. The third kappa shape index (κ3) is 4.57. The van der Waals surface area contributed by atoms with Crippen molar-refractivity contribution in [1.29, 1.82) is 0 Å². The van der Waals surface area contributed by atoms with Crippen molar-refractivity contribution in [3.05, 3.63) is 68.6 Å². The molecule has 0 amide bonds. The topological polar surface area (TPSA) is 103 Å². The summed E-state index contributed by atoms with van der Waals surface area (Å²) in [6.45, 7) is 3.75. The van der Waals surface area contributed by atoms with Crippen molar-refractivity contribution in [3.8, 4) is 11.6 Å². The first kappa shape index (κ1) is 21.2. The zero-order chi connectivity index (χ0) is 22.1. The summed E-state index contributed by atoms with van der Waals surface area (Å²) in [6, 6.07) is 5.73. The first-order chi connectivity index (χ1) is 14.1. The molecule has 0 bridgehead atoms. The third-order valence-electron chi connectivity index (χ3n) is 4.07. The Hall–Kier alpha value is -3.47. The molecule has 2 aromatic heterocycles. The molecule has 3 rings (SSSR count). The molecular weight excluding hydrogens is 427 g/mol. The molecule has 0 saturated heterocycles. The summed E-state index contributed by atoms with van der Waals surface area (Å²) < 4.78 is 43.8. The lowest BCUT2D eigenvalue weighted by atomic mass is 10.1. The van der Waals surface area contributed by atoms with Crippen LogP contribution in [0.15, 0.2) is 36.8 Å². The van der Waals surface area contributed by atoms with E-state index in [9.17, 15) is 23.3 Å². The molecule has 0 spiro atoms. The predicted octanol–water partition coefficient (Wildman–Crippen LogP) is 5.60. The molecule has 12 heteroatoms. The van der Waals surface area contributed by atoms with Crippen LogP contribution in [0.3, 0.4) is 0 Å². The van der Waals surface area contributed by atoms with E-state index in [-0.39, 0.29) is 17.5 Å². The molecule has 0 atom stereocenters. The summed E-state index contributed by atoms with van der Waals surface area (Å²) in [4.78, 5) is 22.0. The molecule has 0 aliphatic carbocycles. The van der Waals surface area contributed by atoms with Crippen molar-refractivity contribution in [3.63, 3.8) is 0 Å². The van der Waals surface area contributed by atoms with Gasteiger partial charge in [0.2, 0.25) is 5.82 Å². The summed E-state index contributed by atoms with van der Waals surface area (Å²) in [7, 11) is 0. The second-order valence-electron chi connectivity index (χ2n) is 6.16. The minimum absolute atomic E-state index is 0.247. The zero-order valence-electron chi connectivity index (χ0n) is 15.5. The Labute approximate surface area is 172 Å². The van der Waals surface area contributed by atoms with E-state index >= 15 is 0 Å². The van der Waals surface area contributed by atoms with Crippen LogP contribution in [-0.2, 0) is 6.18 Å². The summed E-state index contributed by atoms with van der Waals surface area (Å²) in [5, 5.41) is 13.7. The van der Waals surface area contributed by atoms with E-state index in [0.717, 1.165) is 17.5 Å². The van der Waals surface area contributed by atoms with Gasteiger partial charge in [-0.1, -0.05) is 17.7 Å². The Morgan fingerprint density at radius 3 is 2.43 bits per heavy atom. The summed E-state index contributed by atoms with van der Waals surface area (Å²) >= 11 is 5.85. The monoisotopic (exact) mass is 439 g/mol. The Balaban J connectivity index is 1.97. The smallest absolute Gasteiger partial charge is 0.417 e. The highest BCUT2D eigenvalue weighted by atomic mass is 35.5. The highest BCUT2D eigenvalue weighted by molar-refractivity contribution is 6.33. The molecule has 1 aromatic carbocycles. The molecular formula is C18H13ClF3N5O3. The van der Waals surface area contributed by atoms with Gasteiger partial charge in [-0.15, -0.1) is 0 Å². The van der Waals surface area contributed by atoms with Crippen LogP contribution in [0.1, 0.15) is 16.7 Å². The first-order valence-corrected chi connectivity index (χ1v) is 8.68. The number of nitrogens with zero attached hydrogens (tertiary/aromatic N) is 4. The van der Waals surface area contributed by atoms with E-state index in [2.05, 4.69) is 20.3 Å². The maximum absolute atomic E-state index is 12.8. The molecule has 3 aromatic rings. The van der Waals surface area contributed by atoms with Crippen LogP contribution in [-0.4, -0.2) is 19.9 Å². The summed E-state index contributed by atoms with van der Waals surface area (Å²) in [5.41, 5.74) is 0.218. The molecule has 30 heavy (non-hydrogen) atoms. The molecule has 0 fully saturated rings. The number of ether oxygens (including phenoxy) is 1. The van der Waals surface area contributed by atoms with Gasteiger partial charge < -0.3 is 10.1 Å². The zero-order valence-corrected chi connectivity index (χ0v) is 16.2. The van der Waals surface area contributed by atoms with Crippen molar-refractivity contribution in [2.24, 2.45) is 0 Å². The summed E-state index contributed by atoms with van der Waals surface area (Å²) in [5.74, 6) is -0.632. The fourth-order valence-corrected chi connectivity index (χ4v) is 2.59. The number of alkyl halides is 3. The highest BCUT2D eigenvalue weighted by Crippen LogP contribution is 2.38. The lowest BCUT2D eigenvalue weighted by Gasteiger charge is -2.12. The normalized spacial score (nSPS) is 11.3. The van der Waals surface area contributed by atoms with Crippen LogP contribution >= 0.6 is 11.6 Å². The van der Waals surface area contributed by atoms with Gasteiger partial charge in [0.1, 0.15) is 12.1 Å². The second-order valence-corrected chi connectivity index (χ2v) is 6.57. The van der Waals surface area contributed by atoms with Crippen LogP contribution in [0.2, 0.25) is 5.02 Å². The van der Waals surface area contributed by atoms with E-state index in [0.29, 0.717) is 18.0 Å². The molecule has 1 N–H and O–H groups in total. The maximum atomic E-state index is 12.8. The molecule has 2 heterocycles. The average Bonchev–Trinajstić information content (AvgIpc) is 2.65. The molecule has 8 nitrogen and oxygen atoms in total. The fraction of sp³-hybridized carbons (Fsp3) is 0.167. The van der Waals surface area contributed by atoms with Crippen LogP contribution in [0, 0.1) is 24.0 Å². The predicted molar refractivity (Wildman–Crippen MR) is 102 cm³/mol. The standard InChI is InChI=1S/C18H13ClF3N5O3/c1-9-3-4-12(5-10(9)2)30-17-14(27(28)29)16(24-8-25-17)26-15-13(19)6-11(7-23-15)18(20,21)22/h3-8H,1-2H3,(H,23,24,25,26). The van der Waals surface area contributed by atoms with Crippen molar-refractivity contribution >= 4 is 28.9 Å². The van der Waals surface area contributed by atoms with Gasteiger partial charge in [0, 0.05) is 6.20 Å². The number of hydrogen-bond donors (Lipinski definition) is 1. The van der Waals surface area contributed by atoms with Crippen LogP contribution in [0.5, 0.6) is 11.6 Å². The number of aromatic nitrogens is 3. The van der Waals surface area contributed by atoms with E-state index in [4.69, 9.17) is 16.3 Å². The third-order valence-corrected chi connectivity index (χ3v) is 4.36. The van der Waals surface area contributed by atoms with Gasteiger partial charge in [0.25, 0.3) is 0 Å². The largest absolute Gasteiger partial charge is 0.434 e. The van der Waals surface area contributed by atoms with Gasteiger partial charge in [-0.25, -0.2) is 9.97 Å². The minimum Gasteiger partial charge on any atom is -0.434 e. The molecule has 0 unspecified atom stereocenters. The van der Waals surface area contributed by atoms with Gasteiger partial charge in [-0.2, -0.15) is 18.2 Å². The number of anilines is 2. The maximum Gasteiger partial charge on any atom is 0.417 e. The number of benzene rings is 1. The van der Waals surface area contributed by atoms with Crippen LogP contribution in [0.4, 0.5) is 30.5 Å². The number of nitro groups is 1. The van der Waals surface area contributed by atoms with Crippen molar-refractivity contribution in [2.75, 3.05) is 5.32 Å². The number of nitrogens with one attached hydrogen (secondary N) is 1. The van der Waals surface area contributed by atoms with Gasteiger partial charge in [-0.05, 0) is 43.2 Å². The molecule has 0 radical (unpaired) electrons. The van der Waals surface area contributed by atoms with Gasteiger partial charge in [-0.3, -0.25) is 10.1 Å². The van der Waals surface area contributed by atoms with Crippen molar-refractivity contribution < 1.29 is 22.8 Å². The van der Waals surface area contributed by atoms with Gasteiger partial charge in [0.15, 0.2) is 5.82 Å². The molecule has 0 saturated carbocycles. The fourth-order valence-electron chi connectivity index (χ4n) is 2.38. The average molecular weight is 440 g/mol. The van der Waals surface area contributed by atoms with Crippen LogP contribution in [0.25, 0.3) is 0 Å². The molecule has 0 aliphatic heterocycles. The SMILES string of the molecule is Cc1ccc(Oc2ncnc(Nc3ncc(C(F)(F)F)cc3Cl)c2[N+](=O)[O-])cc1C. The van der Waals surface area contributed by atoms with Crippen molar-refractivity contribution in [1.82, 2.24) is 15.0 Å². The number of aryl methyl sites for hydroxylation is 2. The number of hydrogen-bond acceptors (Lipinski definition) is 7. The lowest BCUT2D eigenvalue weighted by Crippen LogP contribution is -2.08. The highest BCUT2D eigenvalue weighted by Gasteiger charge is 2.32. The second kappa shape index (κ2) is 8.11.